The molecule has 0 saturated carbocycles. The minimum atomic E-state index is 0.421. The van der Waals surface area contributed by atoms with Crippen LogP contribution < -0.4 is 16.4 Å². The summed E-state index contributed by atoms with van der Waals surface area (Å²) < 4.78 is 0. The van der Waals surface area contributed by atoms with Crippen LogP contribution in [0.1, 0.15) is 5.69 Å². The lowest BCUT2D eigenvalue weighted by atomic mass is 10.1. The van der Waals surface area contributed by atoms with Crippen molar-refractivity contribution >= 4 is 51.2 Å². The standard InChI is InChI=1S/C20H17ClN6/c1-12-5-10-15-16(25-12)3-2-4-17(15)27-20-18(22)19(23-11-24-20)26-14-8-6-13(21)7-9-14/h2-11H,22H2,1H3,(H2,23,24,26,27). The molecule has 4 rings (SSSR count). The first kappa shape index (κ1) is 17.1. The molecule has 2 aromatic carbocycles. The van der Waals surface area contributed by atoms with Gasteiger partial charge in [-0.1, -0.05) is 17.7 Å². The third-order valence-corrected chi connectivity index (χ3v) is 4.37. The number of nitrogens with zero attached hydrogens (tertiary/aromatic N) is 3. The van der Waals surface area contributed by atoms with Crippen molar-refractivity contribution in [2.75, 3.05) is 16.4 Å². The normalized spacial score (nSPS) is 10.7. The van der Waals surface area contributed by atoms with Crippen LogP contribution in [0.5, 0.6) is 0 Å². The minimum Gasteiger partial charge on any atom is -0.393 e. The molecule has 0 spiro atoms. The number of aryl methyl sites for hydroxylation is 1. The van der Waals surface area contributed by atoms with Crippen molar-refractivity contribution in [1.29, 1.82) is 0 Å². The number of fused-ring (bicyclic) bond motifs is 1. The number of aromatic nitrogens is 3. The Labute approximate surface area is 161 Å². The summed E-state index contributed by atoms with van der Waals surface area (Å²) in [6, 6.07) is 17.2. The first-order valence-electron chi connectivity index (χ1n) is 8.36. The molecule has 0 atom stereocenters. The number of benzene rings is 2. The molecule has 0 bridgehead atoms. The van der Waals surface area contributed by atoms with Crippen molar-refractivity contribution in [2.24, 2.45) is 0 Å². The lowest BCUT2D eigenvalue weighted by Crippen LogP contribution is -2.05. The largest absolute Gasteiger partial charge is 0.393 e. The first-order chi connectivity index (χ1) is 13.1. The van der Waals surface area contributed by atoms with Gasteiger partial charge in [0, 0.05) is 27.5 Å². The molecule has 0 aliphatic heterocycles. The highest BCUT2D eigenvalue weighted by atomic mass is 35.5. The third kappa shape index (κ3) is 3.61. The lowest BCUT2D eigenvalue weighted by molar-refractivity contribution is 1.17. The van der Waals surface area contributed by atoms with E-state index >= 15 is 0 Å². The summed E-state index contributed by atoms with van der Waals surface area (Å²) in [5, 5.41) is 8.13. The molecule has 27 heavy (non-hydrogen) atoms. The molecule has 0 fully saturated rings. The van der Waals surface area contributed by atoms with Gasteiger partial charge in [-0.3, -0.25) is 4.98 Å². The van der Waals surface area contributed by atoms with Gasteiger partial charge < -0.3 is 16.4 Å². The highest BCUT2D eigenvalue weighted by molar-refractivity contribution is 6.30. The van der Waals surface area contributed by atoms with E-state index in [0.29, 0.717) is 22.3 Å². The molecule has 0 aliphatic rings. The summed E-state index contributed by atoms with van der Waals surface area (Å²) in [6.07, 6.45) is 1.46. The van der Waals surface area contributed by atoms with Crippen molar-refractivity contribution in [1.82, 2.24) is 15.0 Å². The minimum absolute atomic E-state index is 0.421. The molecular weight excluding hydrogens is 360 g/mol. The SMILES string of the molecule is Cc1ccc2c(Nc3ncnc(Nc4ccc(Cl)cc4)c3N)cccc2n1. The summed E-state index contributed by atoms with van der Waals surface area (Å²) in [7, 11) is 0. The number of hydrogen-bond donors (Lipinski definition) is 3. The summed E-state index contributed by atoms with van der Waals surface area (Å²) in [4.78, 5) is 13.1. The van der Waals surface area contributed by atoms with Crippen LogP contribution >= 0.6 is 11.6 Å². The Balaban J connectivity index is 1.66. The van der Waals surface area contributed by atoms with Crippen LogP contribution in [0.25, 0.3) is 10.9 Å². The smallest absolute Gasteiger partial charge is 0.159 e. The van der Waals surface area contributed by atoms with Crippen molar-refractivity contribution in [3.63, 3.8) is 0 Å². The fourth-order valence-corrected chi connectivity index (χ4v) is 2.88. The molecule has 7 heteroatoms. The van der Waals surface area contributed by atoms with Gasteiger partial charge in [0.1, 0.15) is 12.0 Å². The van der Waals surface area contributed by atoms with E-state index in [2.05, 4.69) is 25.6 Å². The summed E-state index contributed by atoms with van der Waals surface area (Å²) in [5.41, 5.74) is 10.3. The highest BCUT2D eigenvalue weighted by Crippen LogP contribution is 2.31. The Morgan fingerprint density at radius 1 is 0.889 bits per heavy atom. The quantitative estimate of drug-likeness (QED) is 0.461. The van der Waals surface area contributed by atoms with Crippen molar-refractivity contribution in [2.45, 2.75) is 6.92 Å². The van der Waals surface area contributed by atoms with E-state index in [9.17, 15) is 0 Å². The summed E-state index contributed by atoms with van der Waals surface area (Å²) >= 11 is 5.93. The van der Waals surface area contributed by atoms with E-state index in [0.717, 1.165) is 28.0 Å². The van der Waals surface area contributed by atoms with Gasteiger partial charge in [-0.15, -0.1) is 0 Å². The fraction of sp³-hybridized carbons (Fsp3) is 0.0500. The Kier molecular flexibility index (Phi) is 4.48. The maximum absolute atomic E-state index is 6.29. The van der Waals surface area contributed by atoms with Gasteiger partial charge in [0.2, 0.25) is 0 Å². The fourth-order valence-electron chi connectivity index (χ4n) is 2.76. The molecule has 2 heterocycles. The number of rotatable bonds is 4. The molecule has 4 N–H and O–H groups in total. The van der Waals surface area contributed by atoms with Crippen LogP contribution in [0.3, 0.4) is 0 Å². The van der Waals surface area contributed by atoms with Gasteiger partial charge in [0.15, 0.2) is 11.6 Å². The topological polar surface area (TPSA) is 88.8 Å². The maximum Gasteiger partial charge on any atom is 0.159 e. The lowest BCUT2D eigenvalue weighted by Gasteiger charge is -2.14. The Bertz CT molecular complexity index is 1110. The highest BCUT2D eigenvalue weighted by Gasteiger charge is 2.10. The van der Waals surface area contributed by atoms with E-state index in [1.807, 2.05) is 49.4 Å². The second-order valence-corrected chi connectivity index (χ2v) is 6.50. The molecule has 0 radical (unpaired) electrons. The molecular formula is C20H17ClN6. The van der Waals surface area contributed by atoms with Gasteiger partial charge in [0.05, 0.1) is 5.52 Å². The van der Waals surface area contributed by atoms with Gasteiger partial charge in [-0.05, 0) is 55.5 Å². The predicted molar refractivity (Wildman–Crippen MR) is 111 cm³/mol. The van der Waals surface area contributed by atoms with Crippen LogP contribution in [-0.2, 0) is 0 Å². The number of nitrogens with one attached hydrogen (secondary N) is 2. The van der Waals surface area contributed by atoms with Gasteiger partial charge in [-0.2, -0.15) is 0 Å². The average molecular weight is 377 g/mol. The third-order valence-electron chi connectivity index (χ3n) is 4.12. The Morgan fingerprint density at radius 3 is 2.41 bits per heavy atom. The number of anilines is 5. The van der Waals surface area contributed by atoms with Crippen molar-refractivity contribution in [3.8, 4) is 0 Å². The molecule has 134 valence electrons. The van der Waals surface area contributed by atoms with Crippen LogP contribution in [0.15, 0.2) is 60.9 Å². The Hall–Kier alpha value is -3.38. The molecule has 0 unspecified atom stereocenters. The second-order valence-electron chi connectivity index (χ2n) is 6.07. The monoisotopic (exact) mass is 376 g/mol. The van der Waals surface area contributed by atoms with E-state index < -0.39 is 0 Å². The first-order valence-corrected chi connectivity index (χ1v) is 8.74. The van der Waals surface area contributed by atoms with Crippen LogP contribution in [-0.4, -0.2) is 15.0 Å². The second kappa shape index (κ2) is 7.09. The number of pyridine rings is 1. The zero-order chi connectivity index (χ0) is 18.8. The molecule has 4 aromatic rings. The maximum atomic E-state index is 6.29. The molecule has 0 amide bonds. The van der Waals surface area contributed by atoms with E-state index in [1.165, 1.54) is 6.33 Å². The number of hydrogen-bond acceptors (Lipinski definition) is 6. The van der Waals surface area contributed by atoms with Crippen LogP contribution in [0.2, 0.25) is 5.02 Å². The van der Waals surface area contributed by atoms with Crippen molar-refractivity contribution < 1.29 is 0 Å². The number of nitrogens with two attached hydrogens (primary N) is 1. The van der Waals surface area contributed by atoms with Crippen LogP contribution in [0, 0.1) is 6.92 Å². The van der Waals surface area contributed by atoms with E-state index in [4.69, 9.17) is 17.3 Å². The summed E-state index contributed by atoms with van der Waals surface area (Å²) in [6.45, 7) is 1.97. The van der Waals surface area contributed by atoms with Crippen molar-refractivity contribution in [3.05, 3.63) is 71.6 Å². The molecule has 0 aliphatic carbocycles. The Morgan fingerprint density at radius 2 is 1.63 bits per heavy atom. The van der Waals surface area contributed by atoms with E-state index in [-0.39, 0.29) is 0 Å². The zero-order valence-electron chi connectivity index (χ0n) is 14.6. The average Bonchev–Trinajstić information content (AvgIpc) is 2.66. The van der Waals surface area contributed by atoms with Gasteiger partial charge >= 0.3 is 0 Å². The molecule has 0 saturated heterocycles. The van der Waals surface area contributed by atoms with E-state index in [1.54, 1.807) is 12.1 Å². The summed E-state index contributed by atoms with van der Waals surface area (Å²) in [5.74, 6) is 1.04. The predicted octanol–water partition coefficient (Wildman–Crippen LogP) is 5.06. The zero-order valence-corrected chi connectivity index (χ0v) is 15.3. The van der Waals surface area contributed by atoms with Gasteiger partial charge in [0.25, 0.3) is 0 Å². The molecule has 6 nitrogen and oxygen atoms in total. The number of halogens is 1. The van der Waals surface area contributed by atoms with Gasteiger partial charge in [-0.25, -0.2) is 9.97 Å². The van der Waals surface area contributed by atoms with Crippen LogP contribution in [0.4, 0.5) is 28.7 Å². The molecule has 2 aromatic heterocycles. The number of nitrogen functional groups attached to an aromatic ring is 1.